The molecule has 15 heavy (non-hydrogen) atoms. The topological polar surface area (TPSA) is 56.2 Å². The number of nitrogens with one attached hydrogen (secondary N) is 1. The fourth-order valence-electron chi connectivity index (χ4n) is 1.15. The second-order valence-corrected chi connectivity index (χ2v) is 3.94. The van der Waals surface area contributed by atoms with E-state index in [1.165, 1.54) is 0 Å². The van der Waals surface area contributed by atoms with Gasteiger partial charge in [-0.1, -0.05) is 13.8 Å². The summed E-state index contributed by atoms with van der Waals surface area (Å²) in [5, 5.41) is 4.08. The van der Waals surface area contributed by atoms with Gasteiger partial charge in [0.15, 0.2) is 0 Å². The van der Waals surface area contributed by atoms with Crippen LogP contribution in [-0.2, 0) is 11.9 Å². The number of carbonyl (C=O) groups excluding carboxylic acids is 1. The Bertz CT molecular complexity index is 344. The molecule has 0 saturated carbocycles. The smallest absolute Gasteiger partial charge is 0.275 e. The Morgan fingerprint density at radius 2 is 2.33 bits per heavy atom. The van der Waals surface area contributed by atoms with E-state index in [9.17, 15) is 4.79 Å². The Balaban J connectivity index is 2.50. The highest BCUT2D eigenvalue weighted by Gasteiger charge is 2.12. The molecule has 0 aliphatic carbocycles. The lowest BCUT2D eigenvalue weighted by molar-refractivity contribution is 0.0208. The molecule has 1 aromatic rings. The van der Waals surface area contributed by atoms with Gasteiger partial charge in [0.05, 0.1) is 17.9 Å². The van der Waals surface area contributed by atoms with E-state index in [0.717, 1.165) is 0 Å². The van der Waals surface area contributed by atoms with E-state index >= 15 is 0 Å². The number of hydrogen-bond acceptors (Lipinski definition) is 3. The van der Waals surface area contributed by atoms with Crippen LogP contribution >= 0.6 is 0 Å². The number of aryl methyl sites for hydroxylation is 2. The highest BCUT2D eigenvalue weighted by Crippen LogP contribution is 2.04. The average Bonchev–Trinajstić information content (AvgIpc) is 2.44. The molecule has 1 rings (SSSR count). The second kappa shape index (κ2) is 4.93. The number of aromatic nitrogens is 2. The van der Waals surface area contributed by atoms with Gasteiger partial charge in [-0.25, -0.2) is 5.48 Å². The predicted molar refractivity (Wildman–Crippen MR) is 56.2 cm³/mol. The summed E-state index contributed by atoms with van der Waals surface area (Å²) in [7, 11) is 1.78. The summed E-state index contributed by atoms with van der Waals surface area (Å²) in [4.78, 5) is 16.6. The predicted octanol–water partition coefficient (Wildman–Crippen LogP) is 1.05. The van der Waals surface area contributed by atoms with Crippen molar-refractivity contribution >= 4 is 5.91 Å². The minimum atomic E-state index is -0.249. The number of nitrogens with zero attached hydrogens (tertiary/aromatic N) is 2. The molecule has 84 valence electrons. The molecule has 0 spiro atoms. The first-order valence-electron chi connectivity index (χ1n) is 4.93. The van der Waals surface area contributed by atoms with Crippen LogP contribution in [0.4, 0.5) is 0 Å². The number of hydroxylamine groups is 1. The lowest BCUT2D eigenvalue weighted by Gasteiger charge is -2.06. The van der Waals surface area contributed by atoms with Crippen LogP contribution in [0.5, 0.6) is 0 Å². The van der Waals surface area contributed by atoms with Gasteiger partial charge < -0.3 is 0 Å². The minimum Gasteiger partial charge on any atom is -0.275 e. The monoisotopic (exact) mass is 211 g/mol. The standard InChI is InChI=1S/C10H17N3O2/c1-7(2)6-15-12-10(14)9-5-13(4)11-8(9)3/h5,7H,6H2,1-4H3,(H,12,14). The van der Waals surface area contributed by atoms with Crippen molar-refractivity contribution in [2.24, 2.45) is 13.0 Å². The minimum absolute atomic E-state index is 0.249. The van der Waals surface area contributed by atoms with E-state index < -0.39 is 0 Å². The maximum Gasteiger partial charge on any atom is 0.278 e. The largest absolute Gasteiger partial charge is 0.278 e. The fraction of sp³-hybridized carbons (Fsp3) is 0.600. The van der Waals surface area contributed by atoms with Gasteiger partial charge in [-0.3, -0.25) is 14.3 Å². The molecule has 0 aliphatic heterocycles. The Labute approximate surface area is 89.4 Å². The first kappa shape index (κ1) is 11.7. The highest BCUT2D eigenvalue weighted by molar-refractivity contribution is 5.94. The van der Waals surface area contributed by atoms with Crippen LogP contribution < -0.4 is 5.48 Å². The number of rotatable bonds is 4. The zero-order valence-corrected chi connectivity index (χ0v) is 9.57. The van der Waals surface area contributed by atoms with E-state index in [1.54, 1.807) is 24.9 Å². The van der Waals surface area contributed by atoms with Gasteiger partial charge in [0.1, 0.15) is 0 Å². The van der Waals surface area contributed by atoms with E-state index in [1.807, 2.05) is 13.8 Å². The van der Waals surface area contributed by atoms with Gasteiger partial charge in [0, 0.05) is 13.2 Å². The van der Waals surface area contributed by atoms with Crippen molar-refractivity contribution in [1.29, 1.82) is 0 Å². The molecule has 0 fully saturated rings. The van der Waals surface area contributed by atoms with E-state index in [-0.39, 0.29) is 5.91 Å². The Hall–Kier alpha value is -1.36. The zero-order valence-electron chi connectivity index (χ0n) is 9.57. The lowest BCUT2D eigenvalue weighted by atomic mass is 10.2. The van der Waals surface area contributed by atoms with Crippen LogP contribution in [0, 0.1) is 12.8 Å². The van der Waals surface area contributed by atoms with Crippen LogP contribution in [0.3, 0.4) is 0 Å². The van der Waals surface area contributed by atoms with Crippen LogP contribution in [0.2, 0.25) is 0 Å². The van der Waals surface area contributed by atoms with Crippen molar-refractivity contribution in [1.82, 2.24) is 15.3 Å². The molecule has 5 heteroatoms. The molecule has 5 nitrogen and oxygen atoms in total. The molecule has 1 heterocycles. The van der Waals surface area contributed by atoms with E-state index in [4.69, 9.17) is 4.84 Å². The van der Waals surface area contributed by atoms with Crippen molar-refractivity contribution in [2.45, 2.75) is 20.8 Å². The molecular weight excluding hydrogens is 194 g/mol. The maximum atomic E-state index is 11.6. The second-order valence-electron chi connectivity index (χ2n) is 3.94. The lowest BCUT2D eigenvalue weighted by Crippen LogP contribution is -2.25. The first-order valence-corrected chi connectivity index (χ1v) is 4.93. The van der Waals surface area contributed by atoms with Crippen LogP contribution in [0.25, 0.3) is 0 Å². The molecule has 1 amide bonds. The van der Waals surface area contributed by atoms with Crippen LogP contribution in [0.15, 0.2) is 6.20 Å². The third kappa shape index (κ3) is 3.36. The summed E-state index contributed by atoms with van der Waals surface area (Å²) in [6.07, 6.45) is 1.67. The van der Waals surface area contributed by atoms with Crippen molar-refractivity contribution in [3.8, 4) is 0 Å². The van der Waals surface area contributed by atoms with Gasteiger partial charge in [-0.2, -0.15) is 5.10 Å². The maximum absolute atomic E-state index is 11.6. The van der Waals surface area contributed by atoms with Crippen molar-refractivity contribution < 1.29 is 9.63 Å². The molecular formula is C10H17N3O2. The SMILES string of the molecule is Cc1nn(C)cc1C(=O)NOCC(C)C. The van der Waals surface area contributed by atoms with Gasteiger partial charge >= 0.3 is 0 Å². The molecule has 0 bridgehead atoms. The van der Waals surface area contributed by atoms with Gasteiger partial charge in [-0.05, 0) is 12.8 Å². The number of amides is 1. The van der Waals surface area contributed by atoms with Gasteiger partial charge in [-0.15, -0.1) is 0 Å². The Morgan fingerprint density at radius 1 is 1.67 bits per heavy atom. The third-order valence-electron chi connectivity index (χ3n) is 1.84. The summed E-state index contributed by atoms with van der Waals surface area (Å²) in [6.45, 7) is 6.32. The number of hydrogen-bond donors (Lipinski definition) is 1. The summed E-state index contributed by atoms with van der Waals surface area (Å²) >= 11 is 0. The van der Waals surface area contributed by atoms with Crippen molar-refractivity contribution in [3.05, 3.63) is 17.5 Å². The highest BCUT2D eigenvalue weighted by atomic mass is 16.6. The summed E-state index contributed by atoms with van der Waals surface area (Å²) in [5.74, 6) is 0.140. The molecule has 0 aliphatic rings. The first-order chi connectivity index (χ1) is 7.00. The fourth-order valence-corrected chi connectivity index (χ4v) is 1.15. The molecule has 0 unspecified atom stereocenters. The molecule has 1 aromatic heterocycles. The van der Waals surface area contributed by atoms with Gasteiger partial charge in [0.25, 0.3) is 5.91 Å². The molecule has 1 N–H and O–H groups in total. The summed E-state index contributed by atoms with van der Waals surface area (Å²) in [6, 6.07) is 0. The molecule has 0 saturated heterocycles. The Morgan fingerprint density at radius 3 is 2.80 bits per heavy atom. The molecule has 0 radical (unpaired) electrons. The van der Waals surface area contributed by atoms with E-state index in [0.29, 0.717) is 23.8 Å². The molecule has 0 atom stereocenters. The van der Waals surface area contributed by atoms with Gasteiger partial charge in [0.2, 0.25) is 0 Å². The average molecular weight is 211 g/mol. The van der Waals surface area contributed by atoms with Crippen molar-refractivity contribution in [3.63, 3.8) is 0 Å². The quantitative estimate of drug-likeness (QED) is 0.757. The zero-order chi connectivity index (χ0) is 11.4. The van der Waals surface area contributed by atoms with Crippen molar-refractivity contribution in [2.75, 3.05) is 6.61 Å². The summed E-state index contributed by atoms with van der Waals surface area (Å²) in [5.41, 5.74) is 3.63. The Kier molecular flexibility index (Phi) is 3.85. The number of carbonyl (C=O) groups is 1. The third-order valence-corrected chi connectivity index (χ3v) is 1.84. The molecule has 0 aromatic carbocycles. The van der Waals surface area contributed by atoms with Crippen LogP contribution in [0.1, 0.15) is 29.9 Å². The van der Waals surface area contributed by atoms with E-state index in [2.05, 4.69) is 10.6 Å². The summed E-state index contributed by atoms with van der Waals surface area (Å²) < 4.78 is 1.60. The normalized spacial score (nSPS) is 10.7. The van der Waals surface area contributed by atoms with Crippen LogP contribution in [-0.4, -0.2) is 22.3 Å².